The smallest absolute Gasteiger partial charge is 0.364 e. The summed E-state index contributed by atoms with van der Waals surface area (Å²) in [5, 5.41) is 3.29. The Kier molecular flexibility index (Phi) is 5.76. The molecule has 160 valence electrons. The van der Waals surface area contributed by atoms with Gasteiger partial charge in [-0.1, -0.05) is 36.4 Å². The zero-order valence-electron chi connectivity index (χ0n) is 16.3. The molecule has 31 heavy (non-hydrogen) atoms. The normalized spacial score (nSPS) is 18.5. The molecular formula is C24H19F5N2. The fraction of sp³-hybridized carbons (Fsp3) is 0.208. The van der Waals surface area contributed by atoms with E-state index in [1.807, 2.05) is 0 Å². The van der Waals surface area contributed by atoms with E-state index in [0.29, 0.717) is 29.8 Å². The van der Waals surface area contributed by atoms with E-state index in [1.165, 1.54) is 36.4 Å². The van der Waals surface area contributed by atoms with Crippen LogP contribution in [0.1, 0.15) is 40.8 Å². The molecule has 0 unspecified atom stereocenters. The second kappa shape index (κ2) is 8.49. The van der Waals surface area contributed by atoms with Crippen molar-refractivity contribution >= 4 is 5.84 Å². The molecule has 0 spiro atoms. The van der Waals surface area contributed by atoms with Gasteiger partial charge in [-0.2, -0.15) is 13.2 Å². The molecule has 2 atom stereocenters. The highest BCUT2D eigenvalue weighted by Crippen LogP contribution is 2.37. The fourth-order valence-electron chi connectivity index (χ4n) is 3.72. The Labute approximate surface area is 176 Å². The van der Waals surface area contributed by atoms with Crippen LogP contribution in [0.25, 0.3) is 0 Å². The zero-order valence-corrected chi connectivity index (χ0v) is 16.3. The van der Waals surface area contributed by atoms with Crippen LogP contribution in [0.3, 0.4) is 0 Å². The number of hydrogen-bond acceptors (Lipinski definition) is 2. The van der Waals surface area contributed by atoms with Crippen molar-refractivity contribution < 1.29 is 22.0 Å². The summed E-state index contributed by atoms with van der Waals surface area (Å²) >= 11 is 0. The first kappa shape index (κ1) is 21.0. The molecule has 0 aromatic heterocycles. The maximum Gasteiger partial charge on any atom is 0.416 e. The van der Waals surface area contributed by atoms with Crippen molar-refractivity contribution in [1.82, 2.24) is 5.32 Å². The minimum absolute atomic E-state index is 0.375. The van der Waals surface area contributed by atoms with Crippen LogP contribution < -0.4 is 5.32 Å². The van der Waals surface area contributed by atoms with Gasteiger partial charge in [0.1, 0.15) is 17.7 Å². The van der Waals surface area contributed by atoms with E-state index in [0.717, 1.165) is 17.7 Å². The summed E-state index contributed by atoms with van der Waals surface area (Å²) in [6.07, 6.45) is -3.43. The molecule has 3 aromatic rings. The predicted molar refractivity (Wildman–Crippen MR) is 109 cm³/mol. The highest BCUT2D eigenvalue weighted by molar-refractivity contribution is 5.85. The van der Waals surface area contributed by atoms with E-state index < -0.39 is 17.8 Å². The molecule has 1 heterocycles. The van der Waals surface area contributed by atoms with Crippen molar-refractivity contribution in [2.75, 3.05) is 0 Å². The van der Waals surface area contributed by atoms with Crippen LogP contribution in [-0.4, -0.2) is 5.84 Å². The van der Waals surface area contributed by atoms with Crippen molar-refractivity contribution in [3.63, 3.8) is 0 Å². The van der Waals surface area contributed by atoms with Crippen LogP contribution in [0.5, 0.6) is 0 Å². The third kappa shape index (κ3) is 4.93. The summed E-state index contributed by atoms with van der Waals surface area (Å²) < 4.78 is 65.8. The first-order valence-corrected chi connectivity index (χ1v) is 9.80. The lowest BCUT2D eigenvalue weighted by molar-refractivity contribution is -0.137. The zero-order chi connectivity index (χ0) is 22.0. The first-order chi connectivity index (χ1) is 14.8. The third-order valence-electron chi connectivity index (χ3n) is 5.26. The lowest BCUT2D eigenvalue weighted by Gasteiger charge is -2.20. The number of halogens is 5. The highest BCUT2D eigenvalue weighted by Gasteiger charge is 2.32. The Morgan fingerprint density at radius 2 is 1.39 bits per heavy atom. The molecule has 0 bridgehead atoms. The largest absolute Gasteiger partial charge is 0.416 e. The molecule has 1 aliphatic rings. The highest BCUT2D eigenvalue weighted by atomic mass is 19.4. The lowest BCUT2D eigenvalue weighted by atomic mass is 9.95. The van der Waals surface area contributed by atoms with Gasteiger partial charge in [0.05, 0.1) is 17.4 Å². The summed E-state index contributed by atoms with van der Waals surface area (Å²) in [5.41, 5.74) is 1.40. The van der Waals surface area contributed by atoms with Crippen molar-refractivity contribution in [2.45, 2.75) is 31.1 Å². The van der Waals surface area contributed by atoms with Crippen molar-refractivity contribution in [2.24, 2.45) is 4.99 Å². The van der Waals surface area contributed by atoms with Gasteiger partial charge in [0.25, 0.3) is 0 Å². The minimum atomic E-state index is -4.37. The second-order valence-electron chi connectivity index (χ2n) is 7.45. The predicted octanol–water partition coefficient (Wildman–Crippen LogP) is 6.40. The van der Waals surface area contributed by atoms with E-state index in [2.05, 4.69) is 5.32 Å². The Bertz CT molecular complexity index is 1090. The molecule has 0 amide bonds. The number of nitrogens with zero attached hydrogens (tertiary/aromatic N) is 1. The van der Waals surface area contributed by atoms with Crippen LogP contribution in [0.4, 0.5) is 22.0 Å². The number of nitrogens with one attached hydrogen (secondary N) is 1. The van der Waals surface area contributed by atoms with Crippen molar-refractivity contribution in [1.29, 1.82) is 0 Å². The quantitative estimate of drug-likeness (QED) is 0.466. The van der Waals surface area contributed by atoms with E-state index >= 15 is 0 Å². The number of benzene rings is 3. The van der Waals surface area contributed by atoms with Crippen LogP contribution in [0.2, 0.25) is 0 Å². The summed E-state index contributed by atoms with van der Waals surface area (Å²) in [6.45, 7) is 0. The summed E-state index contributed by atoms with van der Waals surface area (Å²) in [4.78, 5) is 4.70. The van der Waals surface area contributed by atoms with E-state index in [9.17, 15) is 22.0 Å². The Hall–Kier alpha value is -3.22. The molecule has 7 heteroatoms. The topological polar surface area (TPSA) is 24.4 Å². The Morgan fingerprint density at radius 3 is 2.00 bits per heavy atom. The average Bonchev–Trinajstić information content (AvgIpc) is 3.16. The van der Waals surface area contributed by atoms with Gasteiger partial charge in [-0.05, 0) is 59.5 Å². The molecule has 4 rings (SSSR count). The van der Waals surface area contributed by atoms with Crippen molar-refractivity contribution in [3.05, 3.63) is 107 Å². The number of aliphatic imine (C=N–C) groups is 1. The monoisotopic (exact) mass is 430 g/mol. The molecule has 1 aliphatic heterocycles. The molecule has 0 aliphatic carbocycles. The van der Waals surface area contributed by atoms with Gasteiger partial charge in [-0.3, -0.25) is 4.99 Å². The molecule has 0 saturated carbocycles. The van der Waals surface area contributed by atoms with E-state index in [-0.39, 0.29) is 17.7 Å². The lowest BCUT2D eigenvalue weighted by Crippen LogP contribution is -2.24. The molecule has 0 radical (unpaired) electrons. The standard InChI is InChI=1S/C24H19F5N2/c25-19-5-1-3-16(13-19)22-23(17-4-2-6-20(26)14-17)31-21(30-22)12-9-15-7-10-18(11-8-15)24(27,28)29/h1-8,10-11,13-14,22-23H,9,12H2,(H,30,31)/t22-,23+. The van der Waals surface area contributed by atoms with Crippen LogP contribution in [0, 0.1) is 11.6 Å². The Morgan fingerprint density at radius 1 is 0.774 bits per heavy atom. The number of amidine groups is 1. The molecule has 0 saturated heterocycles. The van der Waals surface area contributed by atoms with E-state index in [4.69, 9.17) is 4.99 Å². The third-order valence-corrected chi connectivity index (χ3v) is 5.26. The summed E-state index contributed by atoms with van der Waals surface area (Å²) in [6, 6.07) is 16.5. The number of alkyl halides is 3. The Balaban J connectivity index is 1.54. The summed E-state index contributed by atoms with van der Waals surface area (Å²) in [7, 11) is 0. The summed E-state index contributed by atoms with van der Waals surface area (Å²) in [5.74, 6) is -0.122. The number of rotatable bonds is 5. The maximum atomic E-state index is 13.8. The average molecular weight is 430 g/mol. The van der Waals surface area contributed by atoms with Gasteiger partial charge in [0.15, 0.2) is 0 Å². The van der Waals surface area contributed by atoms with Crippen LogP contribution in [-0.2, 0) is 12.6 Å². The maximum absolute atomic E-state index is 13.8. The van der Waals surface area contributed by atoms with Crippen LogP contribution >= 0.6 is 0 Å². The van der Waals surface area contributed by atoms with Gasteiger partial charge in [-0.25, -0.2) is 8.78 Å². The number of hydrogen-bond donors (Lipinski definition) is 1. The molecule has 1 N–H and O–H groups in total. The molecular weight excluding hydrogens is 411 g/mol. The number of aryl methyl sites for hydroxylation is 1. The molecule has 2 nitrogen and oxygen atoms in total. The van der Waals surface area contributed by atoms with Crippen molar-refractivity contribution in [3.8, 4) is 0 Å². The van der Waals surface area contributed by atoms with Gasteiger partial charge in [0, 0.05) is 6.42 Å². The van der Waals surface area contributed by atoms with Gasteiger partial charge in [0.2, 0.25) is 0 Å². The minimum Gasteiger partial charge on any atom is -0.364 e. The van der Waals surface area contributed by atoms with Gasteiger partial charge >= 0.3 is 6.18 Å². The van der Waals surface area contributed by atoms with Gasteiger partial charge < -0.3 is 5.32 Å². The van der Waals surface area contributed by atoms with Gasteiger partial charge in [-0.15, -0.1) is 0 Å². The molecule has 3 aromatic carbocycles. The van der Waals surface area contributed by atoms with E-state index in [1.54, 1.807) is 24.3 Å². The second-order valence-corrected chi connectivity index (χ2v) is 7.45. The SMILES string of the molecule is Fc1cccc([C@H]2NC(CCc3ccc(C(F)(F)F)cc3)=N[C@H]2c2cccc(F)c2)c1. The van der Waals surface area contributed by atoms with Crippen LogP contribution in [0.15, 0.2) is 77.8 Å². The fourth-order valence-corrected chi connectivity index (χ4v) is 3.72. The molecule has 0 fully saturated rings. The first-order valence-electron chi connectivity index (χ1n) is 9.80.